The van der Waals surface area contributed by atoms with Crippen molar-refractivity contribution in [3.8, 4) is 0 Å². The van der Waals surface area contributed by atoms with E-state index in [1.54, 1.807) is 24.3 Å². The van der Waals surface area contributed by atoms with E-state index >= 15 is 0 Å². The number of hydrogen-bond acceptors (Lipinski definition) is 6. The van der Waals surface area contributed by atoms with Gasteiger partial charge in [-0.2, -0.15) is 0 Å². The summed E-state index contributed by atoms with van der Waals surface area (Å²) < 4.78 is 0. The van der Waals surface area contributed by atoms with Crippen molar-refractivity contribution >= 4 is 29.4 Å². The van der Waals surface area contributed by atoms with Crippen molar-refractivity contribution in [2.45, 2.75) is 38.5 Å². The summed E-state index contributed by atoms with van der Waals surface area (Å²) in [6.45, 7) is 0.440. The molecule has 0 radical (unpaired) electrons. The van der Waals surface area contributed by atoms with Crippen LogP contribution in [0, 0.1) is 0 Å². The molecule has 0 atom stereocenters. The molecule has 10 heteroatoms. The molecular formula is C17H19N5O5. The molecule has 142 valence electrons. The number of azide groups is 1. The van der Waals surface area contributed by atoms with Gasteiger partial charge in [-0.1, -0.05) is 23.7 Å². The monoisotopic (exact) mass is 373 g/mol. The van der Waals surface area contributed by atoms with Gasteiger partial charge in [0, 0.05) is 42.0 Å². The highest BCUT2D eigenvalue weighted by atomic mass is 16.7. The molecule has 2 rings (SSSR count). The molecule has 1 aliphatic heterocycles. The second-order valence-electron chi connectivity index (χ2n) is 5.85. The van der Waals surface area contributed by atoms with E-state index in [4.69, 9.17) is 10.4 Å². The van der Waals surface area contributed by atoms with E-state index in [-0.39, 0.29) is 25.2 Å². The van der Waals surface area contributed by atoms with Crippen molar-refractivity contribution in [3.05, 3.63) is 40.3 Å². The Morgan fingerprint density at radius 1 is 1.11 bits per heavy atom. The molecule has 10 nitrogen and oxygen atoms in total. The molecule has 1 saturated heterocycles. The lowest BCUT2D eigenvalue weighted by Crippen LogP contribution is -2.31. The maximum absolute atomic E-state index is 12.0. The summed E-state index contributed by atoms with van der Waals surface area (Å²) >= 11 is 0. The van der Waals surface area contributed by atoms with E-state index in [1.165, 1.54) is 0 Å². The minimum Gasteiger partial charge on any atom is -0.352 e. The number of carbonyl (C=O) groups excluding carboxylic acids is 4. The molecule has 3 amide bonds. The highest BCUT2D eigenvalue weighted by molar-refractivity contribution is 6.01. The summed E-state index contributed by atoms with van der Waals surface area (Å²) in [6, 6.07) is 6.23. The Bertz CT molecular complexity index is 754. The number of carbonyl (C=O) groups is 4. The average Bonchev–Trinajstić information content (AvgIpc) is 2.97. The first-order valence-corrected chi connectivity index (χ1v) is 8.51. The van der Waals surface area contributed by atoms with E-state index in [2.05, 4.69) is 15.3 Å². The fourth-order valence-corrected chi connectivity index (χ4v) is 2.41. The third kappa shape index (κ3) is 6.12. The van der Waals surface area contributed by atoms with Crippen LogP contribution in [-0.2, 0) is 19.2 Å². The van der Waals surface area contributed by atoms with Gasteiger partial charge in [0.15, 0.2) is 0 Å². The Hall–Kier alpha value is -3.39. The van der Waals surface area contributed by atoms with Crippen molar-refractivity contribution in [2.24, 2.45) is 5.11 Å². The summed E-state index contributed by atoms with van der Waals surface area (Å²) in [5.74, 6) is -1.86. The third-order valence-electron chi connectivity index (χ3n) is 3.83. The van der Waals surface area contributed by atoms with Crippen molar-refractivity contribution in [1.29, 1.82) is 0 Å². The van der Waals surface area contributed by atoms with E-state index in [0.717, 1.165) is 0 Å². The molecule has 0 saturated carbocycles. The predicted molar refractivity (Wildman–Crippen MR) is 93.2 cm³/mol. The van der Waals surface area contributed by atoms with Crippen molar-refractivity contribution in [2.75, 3.05) is 6.54 Å². The van der Waals surface area contributed by atoms with Gasteiger partial charge >= 0.3 is 5.97 Å². The first kappa shape index (κ1) is 19.9. The number of hydroxylamine groups is 2. The SMILES string of the molecule is [N-]=[N+]=Nc1ccc(C(=O)NCCCCCC(=O)ON2C(=O)CCC2=O)cc1. The van der Waals surface area contributed by atoms with Gasteiger partial charge in [0.2, 0.25) is 0 Å². The van der Waals surface area contributed by atoms with Crippen LogP contribution in [0.3, 0.4) is 0 Å². The van der Waals surface area contributed by atoms with Gasteiger partial charge in [-0.15, -0.1) is 5.06 Å². The van der Waals surface area contributed by atoms with Gasteiger partial charge in [0.1, 0.15) is 0 Å². The number of imide groups is 1. The number of nitrogens with one attached hydrogen (secondary N) is 1. The van der Waals surface area contributed by atoms with Gasteiger partial charge in [-0.25, -0.2) is 4.79 Å². The predicted octanol–water partition coefficient (Wildman–Crippen LogP) is 2.53. The molecule has 0 aromatic heterocycles. The largest absolute Gasteiger partial charge is 0.352 e. The van der Waals surface area contributed by atoms with Crippen LogP contribution in [0.5, 0.6) is 0 Å². The lowest BCUT2D eigenvalue weighted by atomic mass is 10.1. The zero-order valence-corrected chi connectivity index (χ0v) is 14.6. The van der Waals surface area contributed by atoms with Crippen LogP contribution >= 0.6 is 0 Å². The second kappa shape index (κ2) is 9.93. The molecule has 0 spiro atoms. The van der Waals surface area contributed by atoms with E-state index in [9.17, 15) is 19.2 Å². The maximum Gasteiger partial charge on any atom is 0.333 e. The van der Waals surface area contributed by atoms with E-state index in [0.29, 0.717) is 42.1 Å². The molecule has 0 unspecified atom stereocenters. The molecule has 1 fully saturated rings. The highest BCUT2D eigenvalue weighted by Gasteiger charge is 2.32. The van der Waals surface area contributed by atoms with Crippen LogP contribution in [-0.4, -0.2) is 35.3 Å². The van der Waals surface area contributed by atoms with Crippen LogP contribution in [0.2, 0.25) is 0 Å². The van der Waals surface area contributed by atoms with Gasteiger partial charge < -0.3 is 10.2 Å². The minimum absolute atomic E-state index is 0.0695. The van der Waals surface area contributed by atoms with E-state index in [1.807, 2.05) is 0 Å². The summed E-state index contributed by atoms with van der Waals surface area (Å²) in [5.41, 5.74) is 9.21. The normalized spacial score (nSPS) is 13.3. The molecule has 27 heavy (non-hydrogen) atoms. The molecule has 1 N–H and O–H groups in total. The number of benzene rings is 1. The molecule has 0 aliphatic carbocycles. The minimum atomic E-state index is -0.622. The summed E-state index contributed by atoms with van der Waals surface area (Å²) in [5, 5.41) is 6.72. The number of hydrogen-bond donors (Lipinski definition) is 1. The summed E-state index contributed by atoms with van der Waals surface area (Å²) in [4.78, 5) is 53.7. The van der Waals surface area contributed by atoms with E-state index < -0.39 is 17.8 Å². The van der Waals surface area contributed by atoms with Crippen molar-refractivity contribution in [1.82, 2.24) is 10.4 Å². The standard InChI is InChI=1S/C17H19N5O5/c18-21-20-13-7-5-12(6-8-13)17(26)19-11-3-1-2-4-16(25)27-22-14(23)9-10-15(22)24/h5-8H,1-4,9-11H2,(H,19,26). The maximum atomic E-state index is 12.0. The topological polar surface area (TPSA) is 142 Å². The number of rotatable bonds is 9. The van der Waals surface area contributed by atoms with Gasteiger partial charge in [-0.05, 0) is 30.5 Å². The molecule has 1 aromatic carbocycles. The van der Waals surface area contributed by atoms with Crippen LogP contribution < -0.4 is 5.32 Å². The molecule has 1 aliphatic rings. The van der Waals surface area contributed by atoms with Gasteiger partial charge in [0.05, 0.1) is 0 Å². The highest BCUT2D eigenvalue weighted by Crippen LogP contribution is 2.14. The lowest BCUT2D eigenvalue weighted by molar-refractivity contribution is -0.197. The smallest absolute Gasteiger partial charge is 0.333 e. The molecule has 1 aromatic rings. The fraction of sp³-hybridized carbons (Fsp3) is 0.412. The first-order chi connectivity index (χ1) is 13.0. The Labute approximate surface area is 155 Å². The summed E-state index contributed by atoms with van der Waals surface area (Å²) in [6.07, 6.45) is 2.09. The second-order valence-corrected chi connectivity index (χ2v) is 5.85. The zero-order valence-electron chi connectivity index (χ0n) is 14.6. The Morgan fingerprint density at radius 3 is 2.41 bits per heavy atom. The Morgan fingerprint density at radius 2 is 1.78 bits per heavy atom. The summed E-state index contributed by atoms with van der Waals surface area (Å²) in [7, 11) is 0. The van der Waals surface area contributed by atoms with Crippen LogP contribution in [0.4, 0.5) is 5.69 Å². The molecule has 1 heterocycles. The quantitative estimate of drug-likeness (QED) is 0.233. The lowest BCUT2D eigenvalue weighted by Gasteiger charge is -2.12. The molecule has 0 bridgehead atoms. The number of nitrogens with zero attached hydrogens (tertiary/aromatic N) is 4. The number of amides is 3. The third-order valence-corrected chi connectivity index (χ3v) is 3.83. The number of unbranched alkanes of at least 4 members (excludes halogenated alkanes) is 2. The van der Waals surface area contributed by atoms with Crippen molar-refractivity contribution in [3.63, 3.8) is 0 Å². The Kier molecular flexibility index (Phi) is 7.33. The first-order valence-electron chi connectivity index (χ1n) is 8.51. The average molecular weight is 373 g/mol. The van der Waals surface area contributed by atoms with Crippen LogP contribution in [0.1, 0.15) is 48.9 Å². The Balaban J connectivity index is 1.59. The van der Waals surface area contributed by atoms with Gasteiger partial charge in [-0.3, -0.25) is 14.4 Å². The fourth-order valence-electron chi connectivity index (χ4n) is 2.41. The zero-order chi connectivity index (χ0) is 19.6. The van der Waals surface area contributed by atoms with Crippen molar-refractivity contribution < 1.29 is 24.0 Å². The molecular weight excluding hydrogens is 354 g/mol. The van der Waals surface area contributed by atoms with Crippen LogP contribution in [0.15, 0.2) is 29.4 Å². The van der Waals surface area contributed by atoms with Crippen LogP contribution in [0.25, 0.3) is 10.4 Å². The van der Waals surface area contributed by atoms with Gasteiger partial charge in [0.25, 0.3) is 17.7 Å².